The van der Waals surface area contributed by atoms with Gasteiger partial charge < -0.3 is 27.9 Å². The Kier molecular flexibility index (Phi) is 10.2. The third-order valence-electron chi connectivity index (χ3n) is 7.13. The Hall–Kier alpha value is -0.0962. The lowest BCUT2D eigenvalue weighted by Crippen LogP contribution is -2.58. The number of hydrogen-bond donors (Lipinski definition) is 0. The van der Waals surface area contributed by atoms with E-state index in [9.17, 15) is 4.79 Å². The molecule has 0 radical (unpaired) electrons. The second kappa shape index (κ2) is 10.9. The Labute approximate surface area is 193 Å². The van der Waals surface area contributed by atoms with Crippen LogP contribution < -0.4 is 0 Å². The maximum absolute atomic E-state index is 10.8. The first kappa shape index (κ1) is 28.9. The van der Waals surface area contributed by atoms with Gasteiger partial charge in [-0.3, -0.25) is 0 Å². The molecule has 1 heterocycles. The molecule has 0 unspecified atom stereocenters. The zero-order chi connectivity index (χ0) is 24.3. The molecule has 184 valence electrons. The van der Waals surface area contributed by atoms with Gasteiger partial charge in [0.15, 0.2) is 29.2 Å². The largest absolute Gasteiger partial charge is 0.409 e. The second-order valence-corrected chi connectivity index (χ2v) is 21.4. The van der Waals surface area contributed by atoms with Gasteiger partial charge in [-0.05, 0) is 49.6 Å². The highest BCUT2D eigenvalue weighted by Gasteiger charge is 2.49. The molecule has 1 fully saturated rings. The molecule has 5 atom stereocenters. The van der Waals surface area contributed by atoms with E-state index < -0.39 is 29.2 Å². The van der Waals surface area contributed by atoms with Gasteiger partial charge in [0.2, 0.25) is 0 Å². The summed E-state index contributed by atoms with van der Waals surface area (Å²) < 4.78 is 31.7. The van der Waals surface area contributed by atoms with Crippen LogP contribution in [0.4, 0.5) is 0 Å². The molecule has 0 aromatic heterocycles. The SMILES string of the molecule is CO[C@H]1O[C@@H](O[C@H](C)CCC=O)[C@H](O[Si](C)(C)C(C)(C)C)C[C@H]1O[Si](C)(C)C(C)(C)C. The number of carbonyl (C=O) groups is 1. The monoisotopic (exact) mass is 476 g/mol. The molecule has 0 saturated carbocycles. The summed E-state index contributed by atoms with van der Waals surface area (Å²) >= 11 is 0. The van der Waals surface area contributed by atoms with Crippen molar-refractivity contribution < 1.29 is 27.9 Å². The molecular weight excluding hydrogens is 428 g/mol. The minimum atomic E-state index is -2.07. The van der Waals surface area contributed by atoms with Crippen molar-refractivity contribution in [3.05, 3.63) is 0 Å². The molecule has 8 heteroatoms. The van der Waals surface area contributed by atoms with Crippen LogP contribution in [0.1, 0.15) is 67.7 Å². The third kappa shape index (κ3) is 8.01. The normalized spacial score (nSPS) is 27.2. The van der Waals surface area contributed by atoms with Gasteiger partial charge in [0.25, 0.3) is 0 Å². The summed E-state index contributed by atoms with van der Waals surface area (Å²) in [6.45, 7) is 24.3. The smallest absolute Gasteiger partial charge is 0.192 e. The number of methoxy groups -OCH3 is 1. The Morgan fingerprint density at radius 2 is 1.39 bits per heavy atom. The van der Waals surface area contributed by atoms with Crippen LogP contribution in [0.2, 0.25) is 36.3 Å². The van der Waals surface area contributed by atoms with Crippen molar-refractivity contribution in [3.8, 4) is 0 Å². The topological polar surface area (TPSA) is 63.2 Å². The first-order valence-electron chi connectivity index (χ1n) is 11.6. The number of ether oxygens (including phenoxy) is 3. The maximum Gasteiger partial charge on any atom is 0.192 e. The van der Waals surface area contributed by atoms with E-state index in [-0.39, 0.29) is 28.4 Å². The summed E-state index contributed by atoms with van der Waals surface area (Å²) in [5, 5.41) is 0.145. The van der Waals surface area contributed by atoms with Gasteiger partial charge in [-0.1, -0.05) is 41.5 Å². The fourth-order valence-electron chi connectivity index (χ4n) is 3.00. The summed E-state index contributed by atoms with van der Waals surface area (Å²) in [6.07, 6.45) is 1.04. The quantitative estimate of drug-likeness (QED) is 0.290. The van der Waals surface area contributed by atoms with E-state index in [1.165, 1.54) is 0 Å². The Balaban J connectivity index is 3.14. The van der Waals surface area contributed by atoms with Crippen LogP contribution >= 0.6 is 0 Å². The lowest BCUT2D eigenvalue weighted by atomic mass is 10.1. The van der Waals surface area contributed by atoms with Crippen molar-refractivity contribution in [2.24, 2.45) is 0 Å². The predicted octanol–water partition coefficient (Wildman–Crippen LogP) is 5.87. The van der Waals surface area contributed by atoms with Crippen LogP contribution in [0.3, 0.4) is 0 Å². The minimum absolute atomic E-state index is 0.0641. The van der Waals surface area contributed by atoms with E-state index in [0.717, 1.165) is 6.29 Å². The maximum atomic E-state index is 10.8. The number of rotatable bonds is 10. The summed E-state index contributed by atoms with van der Waals surface area (Å²) in [6, 6.07) is 0. The Bertz CT molecular complexity index is 567. The standard InChI is InChI=1S/C23H48O6Si2/c1-17(14-13-15-24)26-21-19(29-31(11,12)23(5,6)7)16-18(20(25-8)27-21)28-30(9,10)22(2,3)4/h15,17-21H,13-14,16H2,1-12H3/t17-,18-,19-,20+,21-/m1/s1. The highest BCUT2D eigenvalue weighted by atomic mass is 28.4. The molecular formula is C23H48O6Si2. The van der Waals surface area contributed by atoms with Gasteiger partial charge in [0.1, 0.15) is 6.29 Å². The first-order valence-corrected chi connectivity index (χ1v) is 17.4. The van der Waals surface area contributed by atoms with E-state index in [2.05, 4.69) is 67.7 Å². The van der Waals surface area contributed by atoms with Crippen molar-refractivity contribution in [1.82, 2.24) is 0 Å². The number of hydrogen-bond acceptors (Lipinski definition) is 6. The van der Waals surface area contributed by atoms with E-state index in [1.54, 1.807) is 7.11 Å². The molecule has 1 aliphatic heterocycles. The van der Waals surface area contributed by atoms with Crippen molar-refractivity contribution in [2.45, 2.75) is 135 Å². The fourth-order valence-corrected chi connectivity index (χ4v) is 5.64. The summed E-state index contributed by atoms with van der Waals surface area (Å²) in [4.78, 5) is 10.8. The highest BCUT2D eigenvalue weighted by Crippen LogP contribution is 2.42. The van der Waals surface area contributed by atoms with E-state index in [1.807, 2.05) is 6.92 Å². The highest BCUT2D eigenvalue weighted by molar-refractivity contribution is 6.74. The van der Waals surface area contributed by atoms with Crippen molar-refractivity contribution in [3.63, 3.8) is 0 Å². The molecule has 0 aliphatic carbocycles. The minimum Gasteiger partial charge on any atom is -0.409 e. The molecule has 0 bridgehead atoms. The van der Waals surface area contributed by atoms with Crippen LogP contribution in [-0.4, -0.2) is 60.9 Å². The second-order valence-electron chi connectivity index (χ2n) is 11.9. The molecule has 0 N–H and O–H groups in total. The van der Waals surface area contributed by atoms with Crippen LogP contribution in [0.25, 0.3) is 0 Å². The lowest BCUT2D eigenvalue weighted by molar-refractivity contribution is -0.323. The van der Waals surface area contributed by atoms with Crippen LogP contribution in [-0.2, 0) is 27.9 Å². The van der Waals surface area contributed by atoms with Crippen molar-refractivity contribution in [2.75, 3.05) is 7.11 Å². The molecule has 0 aromatic carbocycles. The molecule has 0 amide bonds. The van der Waals surface area contributed by atoms with Gasteiger partial charge in [-0.25, -0.2) is 0 Å². The average Bonchev–Trinajstić information content (AvgIpc) is 2.59. The van der Waals surface area contributed by atoms with Gasteiger partial charge in [0, 0.05) is 20.0 Å². The van der Waals surface area contributed by atoms with Crippen molar-refractivity contribution in [1.29, 1.82) is 0 Å². The van der Waals surface area contributed by atoms with E-state index in [0.29, 0.717) is 19.3 Å². The van der Waals surface area contributed by atoms with Crippen LogP contribution in [0.15, 0.2) is 0 Å². The number of aldehydes is 1. The molecule has 1 aliphatic rings. The summed E-state index contributed by atoms with van der Waals surface area (Å²) in [5.41, 5.74) is 0. The first-order chi connectivity index (χ1) is 13.9. The third-order valence-corrected chi connectivity index (χ3v) is 16.1. The zero-order valence-corrected chi connectivity index (χ0v) is 24.0. The number of carbonyl (C=O) groups excluding carboxylic acids is 1. The average molecular weight is 477 g/mol. The lowest BCUT2D eigenvalue weighted by Gasteiger charge is -2.48. The van der Waals surface area contributed by atoms with E-state index >= 15 is 0 Å². The van der Waals surface area contributed by atoms with Crippen LogP contribution in [0, 0.1) is 0 Å². The predicted molar refractivity (Wildman–Crippen MR) is 130 cm³/mol. The molecule has 0 spiro atoms. The van der Waals surface area contributed by atoms with Crippen LogP contribution in [0.5, 0.6) is 0 Å². The molecule has 1 rings (SSSR count). The Morgan fingerprint density at radius 1 is 0.935 bits per heavy atom. The molecule has 6 nitrogen and oxygen atoms in total. The Morgan fingerprint density at radius 3 is 1.77 bits per heavy atom. The van der Waals surface area contributed by atoms with Gasteiger partial charge in [0.05, 0.1) is 18.3 Å². The zero-order valence-electron chi connectivity index (χ0n) is 22.0. The summed E-state index contributed by atoms with van der Waals surface area (Å²) in [5.74, 6) is 0. The molecule has 0 aromatic rings. The van der Waals surface area contributed by atoms with Crippen molar-refractivity contribution >= 4 is 22.9 Å². The summed E-state index contributed by atoms with van der Waals surface area (Å²) in [7, 11) is -2.45. The fraction of sp³-hybridized carbons (Fsp3) is 0.957. The molecule has 31 heavy (non-hydrogen) atoms. The molecule has 1 saturated heterocycles. The van der Waals surface area contributed by atoms with Gasteiger partial charge in [-0.2, -0.15) is 0 Å². The van der Waals surface area contributed by atoms with Gasteiger partial charge in [-0.15, -0.1) is 0 Å². The van der Waals surface area contributed by atoms with Gasteiger partial charge >= 0.3 is 0 Å². The van der Waals surface area contributed by atoms with E-state index in [4.69, 9.17) is 23.1 Å².